The fourth-order valence-electron chi connectivity index (χ4n) is 7.31. The van der Waals surface area contributed by atoms with Gasteiger partial charge in [-0.2, -0.15) is 0 Å². The second-order valence-electron chi connectivity index (χ2n) is 13.1. The number of nitrogens with one attached hydrogen (secondary N) is 3. The van der Waals surface area contributed by atoms with E-state index in [9.17, 15) is 14.4 Å². The van der Waals surface area contributed by atoms with Gasteiger partial charge in [0.2, 0.25) is 23.0 Å². The average Bonchev–Trinajstić information content (AvgIpc) is 3.29. The summed E-state index contributed by atoms with van der Waals surface area (Å²) in [5.41, 5.74) is 6.56. The highest BCUT2D eigenvalue weighted by Gasteiger charge is 2.32. The number of para-hydroxylation sites is 1. The van der Waals surface area contributed by atoms with E-state index in [0.29, 0.717) is 60.9 Å². The quantitative estimate of drug-likeness (QED) is 0.210. The van der Waals surface area contributed by atoms with Gasteiger partial charge in [0.25, 0.3) is 0 Å². The van der Waals surface area contributed by atoms with Crippen LogP contribution in [0.5, 0.6) is 17.2 Å². The van der Waals surface area contributed by atoms with Gasteiger partial charge in [-0.1, -0.05) is 38.1 Å². The molecule has 0 radical (unpaired) electrons. The van der Waals surface area contributed by atoms with Gasteiger partial charge in [-0.3, -0.25) is 14.4 Å². The number of carbonyl (C=O) groups excluding carboxylic acids is 2. The molecule has 1 aliphatic carbocycles. The summed E-state index contributed by atoms with van der Waals surface area (Å²) in [5, 5.41) is 7.61. The molecular formula is C38H44N4O6. The third-order valence-corrected chi connectivity index (χ3v) is 9.45. The van der Waals surface area contributed by atoms with Gasteiger partial charge in [-0.05, 0) is 78.1 Å². The second-order valence-corrected chi connectivity index (χ2v) is 13.1. The van der Waals surface area contributed by atoms with Crippen molar-refractivity contribution < 1.29 is 23.8 Å². The van der Waals surface area contributed by atoms with Crippen molar-refractivity contribution in [2.24, 2.45) is 5.92 Å². The smallest absolute Gasteiger partial charge is 0.245 e. The van der Waals surface area contributed by atoms with Crippen LogP contribution in [0, 0.1) is 5.92 Å². The predicted molar refractivity (Wildman–Crippen MR) is 187 cm³/mol. The zero-order chi connectivity index (χ0) is 34.1. The topological polar surface area (TPSA) is 122 Å². The maximum absolute atomic E-state index is 14.2. The number of methoxy groups -OCH3 is 3. The molecule has 0 unspecified atom stereocenters. The average molecular weight is 653 g/mol. The Morgan fingerprint density at radius 1 is 1.00 bits per heavy atom. The Morgan fingerprint density at radius 2 is 1.77 bits per heavy atom. The molecule has 3 N–H and O–H groups in total. The number of ether oxygens (including phenoxy) is 3. The fourth-order valence-corrected chi connectivity index (χ4v) is 7.31. The molecule has 6 rings (SSSR count). The Labute approximate surface area is 280 Å². The van der Waals surface area contributed by atoms with Crippen LogP contribution in [0.3, 0.4) is 0 Å². The molecule has 0 saturated heterocycles. The summed E-state index contributed by atoms with van der Waals surface area (Å²) < 4.78 is 17.3. The molecule has 2 aliphatic rings. The maximum Gasteiger partial charge on any atom is 0.245 e. The SMILES string of the molecule is COc1cc2c(c(OC)c1OC)-c1ccc(N[C@H](CC(C)C)C(=O)N3CCc4c([nH]c5ccccc45)C3)c(=O)cc1[C@H](NC(C)=O)CC2. The van der Waals surface area contributed by atoms with Crippen LogP contribution in [0.15, 0.2) is 53.3 Å². The molecule has 2 heterocycles. The Kier molecular flexibility index (Phi) is 9.35. The van der Waals surface area contributed by atoms with E-state index in [0.717, 1.165) is 34.3 Å². The van der Waals surface area contributed by atoms with Crippen LogP contribution in [-0.4, -0.2) is 55.6 Å². The summed E-state index contributed by atoms with van der Waals surface area (Å²) in [6, 6.07) is 14.3. The van der Waals surface area contributed by atoms with Gasteiger partial charge in [0.1, 0.15) is 6.04 Å². The van der Waals surface area contributed by atoms with Crippen molar-refractivity contribution in [1.29, 1.82) is 0 Å². The highest BCUT2D eigenvalue weighted by atomic mass is 16.5. The molecular weight excluding hydrogens is 608 g/mol. The highest BCUT2D eigenvalue weighted by Crippen LogP contribution is 2.50. The van der Waals surface area contributed by atoms with E-state index in [1.165, 1.54) is 17.9 Å². The van der Waals surface area contributed by atoms with Gasteiger partial charge >= 0.3 is 0 Å². The van der Waals surface area contributed by atoms with E-state index >= 15 is 0 Å². The highest BCUT2D eigenvalue weighted by molar-refractivity contribution is 5.88. The number of aromatic nitrogens is 1. The zero-order valence-electron chi connectivity index (χ0n) is 28.5. The van der Waals surface area contributed by atoms with E-state index in [2.05, 4.69) is 41.6 Å². The number of amides is 2. The Morgan fingerprint density at radius 3 is 2.48 bits per heavy atom. The van der Waals surface area contributed by atoms with Crippen molar-refractivity contribution >= 4 is 28.4 Å². The minimum Gasteiger partial charge on any atom is -0.493 e. The molecule has 0 bridgehead atoms. The molecule has 1 aromatic heterocycles. The van der Waals surface area contributed by atoms with Crippen LogP contribution in [0.1, 0.15) is 62.0 Å². The first-order chi connectivity index (χ1) is 23.1. The van der Waals surface area contributed by atoms with Crippen LogP contribution < -0.4 is 30.3 Å². The van der Waals surface area contributed by atoms with Gasteiger partial charge in [-0.15, -0.1) is 0 Å². The lowest BCUT2D eigenvalue weighted by molar-refractivity contribution is -0.133. The van der Waals surface area contributed by atoms with Crippen LogP contribution in [0.25, 0.3) is 22.0 Å². The third kappa shape index (κ3) is 6.19. The van der Waals surface area contributed by atoms with Crippen molar-refractivity contribution in [3.8, 4) is 28.4 Å². The van der Waals surface area contributed by atoms with Crippen molar-refractivity contribution in [2.75, 3.05) is 33.2 Å². The van der Waals surface area contributed by atoms with Crippen molar-refractivity contribution in [1.82, 2.24) is 15.2 Å². The van der Waals surface area contributed by atoms with Crippen molar-refractivity contribution in [3.63, 3.8) is 0 Å². The number of nitrogens with zero attached hydrogens (tertiary/aromatic N) is 1. The Balaban J connectivity index is 1.40. The number of hydrogen-bond donors (Lipinski definition) is 3. The third-order valence-electron chi connectivity index (χ3n) is 9.45. The number of carbonyl (C=O) groups is 2. The lowest BCUT2D eigenvalue weighted by Crippen LogP contribution is -2.46. The van der Waals surface area contributed by atoms with E-state index in [1.807, 2.05) is 29.2 Å². The van der Waals surface area contributed by atoms with Gasteiger partial charge in [0.15, 0.2) is 11.5 Å². The molecule has 2 amide bonds. The van der Waals surface area contributed by atoms with E-state index in [-0.39, 0.29) is 23.2 Å². The summed E-state index contributed by atoms with van der Waals surface area (Å²) in [6.07, 6.45) is 2.48. The molecule has 10 nitrogen and oxygen atoms in total. The van der Waals surface area contributed by atoms with Gasteiger partial charge in [0, 0.05) is 35.6 Å². The summed E-state index contributed by atoms with van der Waals surface area (Å²) in [6.45, 7) is 6.70. The van der Waals surface area contributed by atoms with Gasteiger partial charge in [0.05, 0.1) is 39.6 Å². The van der Waals surface area contributed by atoms with Crippen LogP contribution in [0.2, 0.25) is 0 Å². The molecule has 0 spiro atoms. The number of hydrogen-bond acceptors (Lipinski definition) is 7. The zero-order valence-corrected chi connectivity index (χ0v) is 28.5. The number of aromatic amines is 1. The standard InChI is InChI=1S/C38H44N4O6/c1-21(2)17-31(38(45)42-16-15-25-24-9-7-8-10-28(24)40-32(25)20-42)41-30-14-12-26-27(19-33(30)44)29(39-22(3)43)13-11-23-18-34(46-4)36(47-5)37(48-6)35(23)26/h7-10,12,14,18-19,21,29,31,40H,11,13,15-17,20H2,1-6H3,(H,39,43)(H,41,44)/t29-,31-/m1/s1. The van der Waals surface area contributed by atoms with Gasteiger partial charge in [-0.25, -0.2) is 0 Å². The van der Waals surface area contributed by atoms with Crippen LogP contribution in [0.4, 0.5) is 5.69 Å². The lowest BCUT2D eigenvalue weighted by Gasteiger charge is -2.31. The van der Waals surface area contributed by atoms with Crippen molar-refractivity contribution in [3.05, 3.63) is 81.1 Å². The van der Waals surface area contributed by atoms with E-state index in [4.69, 9.17) is 14.2 Å². The molecule has 0 saturated carbocycles. The predicted octanol–water partition coefficient (Wildman–Crippen LogP) is 5.76. The number of H-pyrrole nitrogens is 1. The first-order valence-corrected chi connectivity index (χ1v) is 16.5. The molecule has 10 heteroatoms. The van der Waals surface area contributed by atoms with Gasteiger partial charge < -0.3 is 34.7 Å². The summed E-state index contributed by atoms with van der Waals surface area (Å²) >= 11 is 0. The molecule has 3 aromatic carbocycles. The minimum absolute atomic E-state index is 0.0413. The largest absolute Gasteiger partial charge is 0.493 e. The first kappa shape index (κ1) is 32.9. The summed E-state index contributed by atoms with van der Waals surface area (Å²) in [7, 11) is 4.71. The Bertz CT molecular complexity index is 1930. The van der Waals surface area contributed by atoms with Crippen LogP contribution >= 0.6 is 0 Å². The summed E-state index contributed by atoms with van der Waals surface area (Å²) in [4.78, 5) is 45.9. The maximum atomic E-state index is 14.2. The van der Waals surface area contributed by atoms with E-state index in [1.54, 1.807) is 33.5 Å². The first-order valence-electron chi connectivity index (χ1n) is 16.5. The molecule has 0 fully saturated rings. The second kappa shape index (κ2) is 13.6. The number of aryl methyl sites for hydroxylation is 1. The lowest BCUT2D eigenvalue weighted by atomic mass is 9.95. The number of fused-ring (bicyclic) bond motifs is 6. The fraction of sp³-hybridized carbons (Fsp3) is 0.395. The molecule has 4 aromatic rings. The molecule has 1 aliphatic heterocycles. The normalized spacial score (nSPS) is 15.9. The van der Waals surface area contributed by atoms with Crippen LogP contribution in [-0.2, 0) is 29.0 Å². The summed E-state index contributed by atoms with van der Waals surface area (Å²) in [5.74, 6) is 1.43. The van der Waals surface area contributed by atoms with E-state index < -0.39 is 12.1 Å². The number of rotatable bonds is 9. The molecule has 252 valence electrons. The monoisotopic (exact) mass is 652 g/mol. The number of anilines is 1. The Hall–Kier alpha value is -4.99. The number of benzene rings is 2. The van der Waals surface area contributed by atoms with Crippen molar-refractivity contribution in [2.45, 2.75) is 65.1 Å². The minimum atomic E-state index is -0.608. The molecule has 2 atom stereocenters. The molecule has 48 heavy (non-hydrogen) atoms.